The number of esters is 1. The quantitative estimate of drug-likeness (QED) is 0.621. The minimum atomic E-state index is -0.737. The van der Waals surface area contributed by atoms with Gasteiger partial charge < -0.3 is 14.4 Å². The zero-order valence-electron chi connectivity index (χ0n) is 15.3. The van der Waals surface area contributed by atoms with Crippen LogP contribution in [-0.2, 0) is 19.1 Å². The van der Waals surface area contributed by atoms with Gasteiger partial charge in [0.05, 0.1) is 30.4 Å². The van der Waals surface area contributed by atoms with Gasteiger partial charge in [0, 0.05) is 5.39 Å². The highest BCUT2D eigenvalue weighted by Gasteiger charge is 2.67. The third-order valence-corrected chi connectivity index (χ3v) is 5.78. The lowest BCUT2D eigenvalue weighted by molar-refractivity contribution is -0.156. The second-order valence-electron chi connectivity index (χ2n) is 7.81. The number of hydrogen-bond donors (Lipinski definition) is 0. The van der Waals surface area contributed by atoms with Crippen molar-refractivity contribution in [1.82, 2.24) is 0 Å². The lowest BCUT2D eigenvalue weighted by Gasteiger charge is -2.23. The molecule has 138 valence electrons. The fraction of sp³-hybridized carbons (Fsp3) is 0.364. The lowest BCUT2D eigenvalue weighted by Crippen LogP contribution is -2.40. The summed E-state index contributed by atoms with van der Waals surface area (Å²) in [4.78, 5) is 27.9. The molecule has 3 aliphatic heterocycles. The summed E-state index contributed by atoms with van der Waals surface area (Å²) in [6.45, 7) is 4.05. The molecule has 5 nitrogen and oxygen atoms in total. The number of carbonyl (C=O) groups is 2. The van der Waals surface area contributed by atoms with E-state index in [2.05, 4.69) is 0 Å². The van der Waals surface area contributed by atoms with Gasteiger partial charge in [-0.2, -0.15) is 0 Å². The minimum absolute atomic E-state index is 0.0658. The number of hydrogen-bond acceptors (Lipinski definition) is 4. The molecular weight excluding hydrogens is 342 g/mol. The van der Waals surface area contributed by atoms with E-state index in [1.165, 1.54) is 0 Å². The van der Waals surface area contributed by atoms with Crippen LogP contribution in [0, 0.1) is 11.8 Å². The maximum absolute atomic E-state index is 13.4. The average Bonchev–Trinajstić information content (AvgIpc) is 3.29. The minimum Gasteiger partial charge on any atom is -0.463 e. The summed E-state index contributed by atoms with van der Waals surface area (Å²) in [6, 6.07) is 13.9. The summed E-state index contributed by atoms with van der Waals surface area (Å²) in [5, 5.41) is 2.10. The van der Waals surface area contributed by atoms with Gasteiger partial charge in [-0.15, -0.1) is 0 Å². The van der Waals surface area contributed by atoms with Gasteiger partial charge in [-0.3, -0.25) is 9.59 Å². The molecule has 3 aliphatic rings. The van der Waals surface area contributed by atoms with Crippen molar-refractivity contribution in [2.24, 2.45) is 11.8 Å². The molecule has 1 spiro atoms. The van der Waals surface area contributed by atoms with Crippen molar-refractivity contribution >= 4 is 28.3 Å². The Labute approximate surface area is 157 Å². The smallest absolute Gasteiger partial charge is 0.313 e. The second kappa shape index (κ2) is 5.67. The van der Waals surface area contributed by atoms with E-state index in [1.807, 2.05) is 68.5 Å². The zero-order chi connectivity index (χ0) is 18.8. The molecule has 5 heteroatoms. The molecule has 27 heavy (non-hydrogen) atoms. The van der Waals surface area contributed by atoms with E-state index in [0.717, 1.165) is 16.5 Å². The van der Waals surface area contributed by atoms with Crippen LogP contribution in [0.3, 0.4) is 0 Å². The van der Waals surface area contributed by atoms with Crippen molar-refractivity contribution in [2.45, 2.75) is 31.7 Å². The Bertz CT molecular complexity index is 976. The molecule has 2 fully saturated rings. The molecule has 2 saturated heterocycles. The molecule has 2 aromatic rings. The van der Waals surface area contributed by atoms with Gasteiger partial charge in [0.15, 0.2) is 0 Å². The molecule has 4 unspecified atom stereocenters. The molecule has 0 N–H and O–H groups in total. The van der Waals surface area contributed by atoms with E-state index >= 15 is 0 Å². The van der Waals surface area contributed by atoms with Crippen molar-refractivity contribution in [3.8, 4) is 0 Å². The summed E-state index contributed by atoms with van der Waals surface area (Å²) in [7, 11) is 0. The number of fused-ring (bicyclic) bond motifs is 2. The standard InChI is InChI=1S/C22H21NO4/c1-13(2)26-21(25)18-17-10-11-22(27-17)12-23(20(24)19(18)22)16-9-5-7-14-6-3-4-8-15(14)16/h3-11,13,17-19H,12H2,1-2H3. The predicted molar refractivity (Wildman–Crippen MR) is 101 cm³/mol. The van der Waals surface area contributed by atoms with Gasteiger partial charge in [-0.1, -0.05) is 48.6 Å². The van der Waals surface area contributed by atoms with Gasteiger partial charge in [0.25, 0.3) is 0 Å². The largest absolute Gasteiger partial charge is 0.463 e. The van der Waals surface area contributed by atoms with Crippen LogP contribution in [0.25, 0.3) is 10.8 Å². The summed E-state index contributed by atoms with van der Waals surface area (Å²) in [6.07, 6.45) is 3.27. The first-order valence-electron chi connectivity index (χ1n) is 9.37. The molecule has 0 radical (unpaired) electrons. The molecule has 3 heterocycles. The predicted octanol–water partition coefficient (Wildman–Crippen LogP) is 3.08. The molecule has 2 aromatic carbocycles. The van der Waals surface area contributed by atoms with Crippen molar-refractivity contribution in [1.29, 1.82) is 0 Å². The number of amides is 1. The first-order chi connectivity index (χ1) is 13.0. The number of ether oxygens (including phenoxy) is 2. The van der Waals surface area contributed by atoms with Gasteiger partial charge in [-0.05, 0) is 25.3 Å². The topological polar surface area (TPSA) is 55.8 Å². The highest BCUT2D eigenvalue weighted by molar-refractivity contribution is 6.08. The molecule has 2 bridgehead atoms. The van der Waals surface area contributed by atoms with E-state index in [-0.39, 0.29) is 24.1 Å². The maximum atomic E-state index is 13.4. The highest BCUT2D eigenvalue weighted by atomic mass is 16.6. The number of benzene rings is 2. The molecular formula is C22H21NO4. The Hall–Kier alpha value is -2.66. The van der Waals surface area contributed by atoms with Crippen molar-refractivity contribution in [3.63, 3.8) is 0 Å². The second-order valence-corrected chi connectivity index (χ2v) is 7.81. The highest BCUT2D eigenvalue weighted by Crippen LogP contribution is 2.53. The van der Waals surface area contributed by atoms with E-state index in [4.69, 9.17) is 9.47 Å². The summed E-state index contributed by atoms with van der Waals surface area (Å²) >= 11 is 0. The Morgan fingerprint density at radius 1 is 1.22 bits per heavy atom. The fourth-order valence-electron chi connectivity index (χ4n) is 4.73. The van der Waals surface area contributed by atoms with Gasteiger partial charge in [-0.25, -0.2) is 0 Å². The van der Waals surface area contributed by atoms with Gasteiger partial charge in [0.1, 0.15) is 11.5 Å². The number of rotatable bonds is 3. The number of anilines is 1. The van der Waals surface area contributed by atoms with Crippen LogP contribution in [-0.4, -0.2) is 36.2 Å². The van der Waals surface area contributed by atoms with Gasteiger partial charge >= 0.3 is 5.97 Å². The van der Waals surface area contributed by atoms with E-state index in [9.17, 15) is 9.59 Å². The van der Waals surface area contributed by atoms with Crippen LogP contribution in [0.1, 0.15) is 13.8 Å². The molecule has 5 rings (SSSR count). The fourth-order valence-corrected chi connectivity index (χ4v) is 4.73. The Morgan fingerprint density at radius 2 is 2.00 bits per heavy atom. The van der Waals surface area contributed by atoms with Crippen LogP contribution in [0.2, 0.25) is 0 Å². The first-order valence-corrected chi connectivity index (χ1v) is 9.37. The third-order valence-electron chi connectivity index (χ3n) is 5.78. The molecule has 0 aliphatic carbocycles. The summed E-state index contributed by atoms with van der Waals surface area (Å²) in [5.74, 6) is -1.52. The van der Waals surface area contributed by atoms with Crippen LogP contribution in [0.5, 0.6) is 0 Å². The zero-order valence-corrected chi connectivity index (χ0v) is 15.3. The van der Waals surface area contributed by atoms with Crippen molar-refractivity contribution in [2.75, 3.05) is 11.4 Å². The molecule has 1 amide bonds. The summed E-state index contributed by atoms with van der Waals surface area (Å²) in [5.41, 5.74) is 0.123. The van der Waals surface area contributed by atoms with Crippen LogP contribution in [0.15, 0.2) is 54.6 Å². The Kier molecular flexibility index (Phi) is 3.46. The Morgan fingerprint density at radius 3 is 2.81 bits per heavy atom. The van der Waals surface area contributed by atoms with Crippen molar-refractivity contribution < 1.29 is 19.1 Å². The van der Waals surface area contributed by atoms with Crippen molar-refractivity contribution in [3.05, 3.63) is 54.6 Å². The molecule has 0 aromatic heterocycles. The first kappa shape index (κ1) is 16.5. The van der Waals surface area contributed by atoms with Gasteiger partial charge in [0.2, 0.25) is 5.91 Å². The molecule has 0 saturated carbocycles. The number of carbonyl (C=O) groups excluding carboxylic acids is 2. The summed E-state index contributed by atoms with van der Waals surface area (Å²) < 4.78 is 11.6. The van der Waals surface area contributed by atoms with Crippen LogP contribution < -0.4 is 4.90 Å². The van der Waals surface area contributed by atoms with E-state index in [0.29, 0.717) is 6.54 Å². The lowest BCUT2D eigenvalue weighted by atomic mass is 9.77. The number of nitrogens with zero attached hydrogens (tertiary/aromatic N) is 1. The maximum Gasteiger partial charge on any atom is 0.313 e. The average molecular weight is 363 g/mol. The normalized spacial score (nSPS) is 31.1. The molecule has 4 atom stereocenters. The van der Waals surface area contributed by atoms with Crippen LogP contribution >= 0.6 is 0 Å². The van der Waals surface area contributed by atoms with E-state index in [1.54, 1.807) is 4.90 Å². The van der Waals surface area contributed by atoms with Crippen LogP contribution in [0.4, 0.5) is 5.69 Å². The Balaban J connectivity index is 1.55. The van der Waals surface area contributed by atoms with E-state index < -0.39 is 17.4 Å². The SMILES string of the molecule is CC(C)OC(=O)C1C2C=CC3(CN(c4cccc5ccccc45)C(=O)C13)O2. The monoisotopic (exact) mass is 363 g/mol. The third kappa shape index (κ3) is 2.28.